The van der Waals surface area contributed by atoms with Crippen LogP contribution in [0.25, 0.3) is 0 Å². The van der Waals surface area contributed by atoms with Crippen LogP contribution in [0.5, 0.6) is 11.5 Å². The van der Waals surface area contributed by atoms with Gasteiger partial charge >= 0.3 is 0 Å². The number of carbonyl (C=O) groups is 1. The molecule has 2 aromatic rings. The molecule has 0 radical (unpaired) electrons. The number of carbonyl (C=O) groups excluding carboxylic acids is 1. The van der Waals surface area contributed by atoms with Crippen LogP contribution in [0.3, 0.4) is 0 Å². The summed E-state index contributed by atoms with van der Waals surface area (Å²) in [4.78, 5) is 11.9. The molecule has 4 nitrogen and oxygen atoms in total. The normalized spacial score (nSPS) is 10.0. The average Bonchev–Trinajstić information content (AvgIpc) is 2.43. The van der Waals surface area contributed by atoms with Gasteiger partial charge in [0, 0.05) is 17.3 Å². The number of benzene rings is 2. The van der Waals surface area contributed by atoms with E-state index in [0.717, 1.165) is 6.07 Å². The van der Waals surface area contributed by atoms with Gasteiger partial charge in [0.15, 0.2) is 11.6 Å². The van der Waals surface area contributed by atoms with Crippen molar-refractivity contribution in [3.05, 3.63) is 53.8 Å². The Kier molecular flexibility index (Phi) is 3.66. The Labute approximate surface area is 109 Å². The zero-order chi connectivity index (χ0) is 13.8. The van der Waals surface area contributed by atoms with Gasteiger partial charge < -0.3 is 15.2 Å². The fraction of sp³-hybridized carbons (Fsp3) is 0.0714. The van der Waals surface area contributed by atoms with Crippen molar-refractivity contribution in [1.82, 2.24) is 0 Å². The van der Waals surface area contributed by atoms with E-state index < -0.39 is 11.6 Å². The molecule has 0 aromatic heterocycles. The van der Waals surface area contributed by atoms with Crippen LogP contribution < -0.4 is 10.1 Å². The molecular weight excluding hydrogens is 249 g/mol. The summed E-state index contributed by atoms with van der Waals surface area (Å²) in [6, 6.07) is 10.2. The van der Waals surface area contributed by atoms with Crippen molar-refractivity contribution in [2.24, 2.45) is 0 Å². The Balaban J connectivity index is 2.18. The molecule has 1 amide bonds. The van der Waals surface area contributed by atoms with Gasteiger partial charge in [0.2, 0.25) is 0 Å². The summed E-state index contributed by atoms with van der Waals surface area (Å²) < 4.78 is 18.1. The lowest BCUT2D eigenvalue weighted by molar-refractivity contribution is 0.102. The number of anilines is 1. The molecule has 0 saturated carbocycles. The van der Waals surface area contributed by atoms with Crippen molar-refractivity contribution in [3.8, 4) is 11.5 Å². The maximum atomic E-state index is 13.1. The van der Waals surface area contributed by atoms with Crippen LogP contribution in [0.1, 0.15) is 10.4 Å². The molecular formula is C14H12FNO3. The van der Waals surface area contributed by atoms with Gasteiger partial charge in [0.1, 0.15) is 5.75 Å². The van der Waals surface area contributed by atoms with E-state index in [4.69, 9.17) is 9.84 Å². The van der Waals surface area contributed by atoms with Crippen molar-refractivity contribution in [2.45, 2.75) is 0 Å². The number of methoxy groups -OCH3 is 1. The highest BCUT2D eigenvalue weighted by molar-refractivity contribution is 6.04. The van der Waals surface area contributed by atoms with Crippen molar-refractivity contribution < 1.29 is 19.0 Å². The largest absolute Gasteiger partial charge is 0.505 e. The molecule has 0 bridgehead atoms. The number of aromatic hydroxyl groups is 1. The number of hydrogen-bond acceptors (Lipinski definition) is 3. The molecule has 0 aliphatic heterocycles. The maximum absolute atomic E-state index is 13.1. The summed E-state index contributed by atoms with van der Waals surface area (Å²) in [6.45, 7) is 0. The third-order valence-corrected chi connectivity index (χ3v) is 2.54. The fourth-order valence-corrected chi connectivity index (χ4v) is 1.55. The minimum atomic E-state index is -0.788. The molecule has 2 aromatic carbocycles. The van der Waals surface area contributed by atoms with Crippen molar-refractivity contribution in [3.63, 3.8) is 0 Å². The zero-order valence-electron chi connectivity index (χ0n) is 10.2. The first kappa shape index (κ1) is 12.9. The topological polar surface area (TPSA) is 58.6 Å². The van der Waals surface area contributed by atoms with Crippen molar-refractivity contribution in [1.29, 1.82) is 0 Å². The smallest absolute Gasteiger partial charge is 0.255 e. The fourth-order valence-electron chi connectivity index (χ4n) is 1.55. The quantitative estimate of drug-likeness (QED) is 0.835. The number of phenolic OH excluding ortho intramolecular Hbond substituents is 1. The maximum Gasteiger partial charge on any atom is 0.255 e. The summed E-state index contributed by atoms with van der Waals surface area (Å²) >= 11 is 0. The second-order valence-corrected chi connectivity index (χ2v) is 3.85. The van der Waals surface area contributed by atoms with E-state index in [1.165, 1.54) is 19.2 Å². The lowest BCUT2D eigenvalue weighted by Gasteiger charge is -2.07. The number of nitrogens with one attached hydrogen (secondary N) is 1. The number of halogens is 1. The van der Waals surface area contributed by atoms with Crippen molar-refractivity contribution >= 4 is 11.6 Å². The van der Waals surface area contributed by atoms with Crippen LogP contribution in [-0.2, 0) is 0 Å². The van der Waals surface area contributed by atoms with Crippen molar-refractivity contribution in [2.75, 3.05) is 12.4 Å². The number of rotatable bonds is 3. The summed E-state index contributed by atoms with van der Waals surface area (Å²) in [5, 5.41) is 11.6. The Hall–Kier alpha value is -2.56. The van der Waals surface area contributed by atoms with E-state index in [0.29, 0.717) is 11.3 Å². The minimum absolute atomic E-state index is 0.267. The second kappa shape index (κ2) is 5.39. The number of hydrogen-bond donors (Lipinski definition) is 2. The molecule has 0 fully saturated rings. The summed E-state index contributed by atoms with van der Waals surface area (Å²) in [6.07, 6.45) is 0. The third-order valence-electron chi connectivity index (χ3n) is 2.54. The van der Waals surface area contributed by atoms with Gasteiger partial charge in [-0.15, -0.1) is 0 Å². The third kappa shape index (κ3) is 3.01. The lowest BCUT2D eigenvalue weighted by Crippen LogP contribution is -2.12. The summed E-state index contributed by atoms with van der Waals surface area (Å²) in [5.74, 6) is -1.07. The van der Waals surface area contributed by atoms with E-state index in [2.05, 4.69) is 5.32 Å². The molecule has 0 atom stereocenters. The van der Waals surface area contributed by atoms with E-state index in [1.54, 1.807) is 24.3 Å². The SMILES string of the molecule is COc1cccc(C(=O)Nc2ccc(O)c(F)c2)c1. The summed E-state index contributed by atoms with van der Waals surface area (Å²) in [7, 11) is 1.51. The van der Waals surface area contributed by atoms with Crippen LogP contribution in [-0.4, -0.2) is 18.1 Å². The summed E-state index contributed by atoms with van der Waals surface area (Å²) in [5.41, 5.74) is 0.663. The predicted molar refractivity (Wildman–Crippen MR) is 69.0 cm³/mol. The Morgan fingerprint density at radius 2 is 2.05 bits per heavy atom. The van der Waals surface area contributed by atoms with Crippen LogP contribution in [0.4, 0.5) is 10.1 Å². The van der Waals surface area contributed by atoms with Crippen LogP contribution in [0, 0.1) is 5.82 Å². The molecule has 0 aliphatic rings. The highest BCUT2D eigenvalue weighted by atomic mass is 19.1. The minimum Gasteiger partial charge on any atom is -0.505 e. The zero-order valence-corrected chi connectivity index (χ0v) is 10.2. The number of amides is 1. The standard InChI is InChI=1S/C14H12FNO3/c1-19-11-4-2-3-9(7-11)14(18)16-10-5-6-13(17)12(15)8-10/h2-8,17H,1H3,(H,16,18). The lowest BCUT2D eigenvalue weighted by atomic mass is 10.2. The molecule has 2 N–H and O–H groups in total. The Morgan fingerprint density at radius 3 is 2.74 bits per heavy atom. The van der Waals surface area contributed by atoms with E-state index in [-0.39, 0.29) is 11.6 Å². The molecule has 0 aliphatic carbocycles. The van der Waals surface area contributed by atoms with Gasteiger partial charge in [-0.05, 0) is 30.3 Å². The highest BCUT2D eigenvalue weighted by Gasteiger charge is 2.08. The van der Waals surface area contributed by atoms with Crippen LogP contribution >= 0.6 is 0 Å². The molecule has 5 heteroatoms. The monoisotopic (exact) mass is 261 g/mol. The first-order valence-corrected chi connectivity index (χ1v) is 5.54. The van der Waals surface area contributed by atoms with E-state index in [9.17, 15) is 9.18 Å². The first-order valence-electron chi connectivity index (χ1n) is 5.54. The molecule has 19 heavy (non-hydrogen) atoms. The highest BCUT2D eigenvalue weighted by Crippen LogP contribution is 2.20. The average molecular weight is 261 g/mol. The molecule has 0 unspecified atom stereocenters. The molecule has 98 valence electrons. The van der Waals surface area contributed by atoms with Gasteiger partial charge in [0.25, 0.3) is 5.91 Å². The van der Waals surface area contributed by atoms with Gasteiger partial charge in [-0.3, -0.25) is 4.79 Å². The number of ether oxygens (including phenoxy) is 1. The number of phenols is 1. The first-order chi connectivity index (χ1) is 9.10. The molecule has 0 heterocycles. The Morgan fingerprint density at radius 1 is 1.26 bits per heavy atom. The predicted octanol–water partition coefficient (Wildman–Crippen LogP) is 2.79. The Bertz CT molecular complexity index is 613. The van der Waals surface area contributed by atoms with Crippen LogP contribution in [0.2, 0.25) is 0 Å². The van der Waals surface area contributed by atoms with Gasteiger partial charge in [-0.25, -0.2) is 4.39 Å². The molecule has 2 rings (SSSR count). The van der Waals surface area contributed by atoms with E-state index in [1.807, 2.05) is 0 Å². The molecule has 0 saturated heterocycles. The second-order valence-electron chi connectivity index (χ2n) is 3.85. The van der Waals surface area contributed by atoms with Gasteiger partial charge in [0.05, 0.1) is 7.11 Å². The van der Waals surface area contributed by atoms with Gasteiger partial charge in [-0.2, -0.15) is 0 Å². The van der Waals surface area contributed by atoms with Gasteiger partial charge in [-0.1, -0.05) is 6.07 Å². The van der Waals surface area contributed by atoms with Crippen LogP contribution in [0.15, 0.2) is 42.5 Å². The van der Waals surface area contributed by atoms with E-state index >= 15 is 0 Å². The molecule has 0 spiro atoms.